The Kier molecular flexibility index (Phi) is 6.10. The van der Waals surface area contributed by atoms with Crippen LogP contribution in [0.2, 0.25) is 0 Å². The number of fused-ring (bicyclic) bond motifs is 1. The van der Waals surface area contributed by atoms with E-state index in [1.807, 2.05) is 13.0 Å². The molecule has 5 rings (SSSR count). The van der Waals surface area contributed by atoms with Crippen molar-refractivity contribution in [3.05, 3.63) is 88.8 Å². The summed E-state index contributed by atoms with van der Waals surface area (Å²) in [5.41, 5.74) is 2.84. The fraction of sp³-hybridized carbons (Fsp3) is 0.250. The van der Waals surface area contributed by atoms with Gasteiger partial charge in [-0.2, -0.15) is 0 Å². The van der Waals surface area contributed by atoms with Gasteiger partial charge in [0.2, 0.25) is 0 Å². The zero-order chi connectivity index (χ0) is 25.4. The molecule has 1 fully saturated rings. The molecule has 2 aliphatic heterocycles. The van der Waals surface area contributed by atoms with E-state index in [4.69, 9.17) is 14.2 Å². The third kappa shape index (κ3) is 4.04. The van der Waals surface area contributed by atoms with Crippen LogP contribution in [0.15, 0.2) is 66.5 Å². The Labute approximate surface area is 208 Å². The molecule has 3 heterocycles. The molecule has 0 aliphatic carbocycles. The molecule has 2 atom stereocenters. The maximum atomic E-state index is 13.4. The van der Waals surface area contributed by atoms with Crippen molar-refractivity contribution in [1.29, 1.82) is 0 Å². The zero-order valence-electron chi connectivity index (χ0n) is 20.2. The lowest BCUT2D eigenvalue weighted by Gasteiger charge is -2.26. The first-order valence-corrected chi connectivity index (χ1v) is 11.6. The van der Waals surface area contributed by atoms with Crippen LogP contribution in [0.5, 0.6) is 17.2 Å². The van der Waals surface area contributed by atoms with Crippen molar-refractivity contribution in [3.8, 4) is 17.2 Å². The van der Waals surface area contributed by atoms with Gasteiger partial charge in [-0.25, -0.2) is 0 Å². The molecule has 184 valence electrons. The van der Waals surface area contributed by atoms with Crippen LogP contribution in [0.25, 0.3) is 5.76 Å². The number of benzene rings is 2. The number of rotatable bonds is 6. The van der Waals surface area contributed by atoms with Gasteiger partial charge < -0.3 is 24.2 Å². The number of ether oxygens (including phenoxy) is 3. The minimum absolute atomic E-state index is 0.0215. The summed E-state index contributed by atoms with van der Waals surface area (Å²) >= 11 is 0. The van der Waals surface area contributed by atoms with Gasteiger partial charge >= 0.3 is 0 Å². The first-order valence-electron chi connectivity index (χ1n) is 11.6. The number of carbonyl (C=O) groups is 2. The first-order chi connectivity index (χ1) is 17.4. The molecule has 1 N–H and O–H groups in total. The second kappa shape index (κ2) is 9.37. The molecule has 1 amide bonds. The van der Waals surface area contributed by atoms with Gasteiger partial charge in [-0.05, 0) is 66.1 Å². The van der Waals surface area contributed by atoms with E-state index in [2.05, 4.69) is 4.98 Å². The van der Waals surface area contributed by atoms with Gasteiger partial charge in [0, 0.05) is 30.9 Å². The van der Waals surface area contributed by atoms with Gasteiger partial charge in [-0.1, -0.05) is 6.07 Å². The molecule has 3 aromatic rings. The van der Waals surface area contributed by atoms with Gasteiger partial charge in [0.1, 0.15) is 17.6 Å². The lowest BCUT2D eigenvalue weighted by atomic mass is 9.94. The Morgan fingerprint density at radius 1 is 1.06 bits per heavy atom. The van der Waals surface area contributed by atoms with E-state index in [0.29, 0.717) is 29.0 Å². The Morgan fingerprint density at radius 2 is 1.81 bits per heavy atom. The quantitative estimate of drug-likeness (QED) is 0.319. The first kappa shape index (κ1) is 23.4. The molecule has 1 aromatic heterocycles. The predicted molar refractivity (Wildman–Crippen MR) is 132 cm³/mol. The van der Waals surface area contributed by atoms with E-state index in [9.17, 15) is 14.7 Å². The lowest BCUT2D eigenvalue weighted by Crippen LogP contribution is -2.29. The van der Waals surface area contributed by atoms with Crippen molar-refractivity contribution in [3.63, 3.8) is 0 Å². The number of Topliss-reactive ketones (excluding diaryl/α,β-unsaturated/α-hetero) is 1. The summed E-state index contributed by atoms with van der Waals surface area (Å²) in [6.07, 6.45) is 4.00. The number of likely N-dealkylation sites (tertiary alicyclic amines) is 1. The minimum Gasteiger partial charge on any atom is -0.507 e. The number of hydrogen-bond acceptors (Lipinski definition) is 7. The molecule has 2 aliphatic rings. The zero-order valence-corrected chi connectivity index (χ0v) is 20.2. The molecule has 8 heteroatoms. The van der Waals surface area contributed by atoms with E-state index in [0.717, 1.165) is 16.9 Å². The summed E-state index contributed by atoms with van der Waals surface area (Å²) in [5.74, 6) is 0.0623. The van der Waals surface area contributed by atoms with E-state index < -0.39 is 17.7 Å². The Balaban J connectivity index is 1.65. The van der Waals surface area contributed by atoms with Crippen LogP contribution >= 0.6 is 0 Å². The Hall–Kier alpha value is -4.33. The topological polar surface area (TPSA) is 98.2 Å². The third-order valence-corrected chi connectivity index (χ3v) is 6.54. The number of methoxy groups -OCH3 is 2. The fourth-order valence-corrected chi connectivity index (χ4v) is 4.82. The number of aromatic nitrogens is 1. The Morgan fingerprint density at radius 3 is 2.53 bits per heavy atom. The van der Waals surface area contributed by atoms with Crippen molar-refractivity contribution < 1.29 is 28.9 Å². The van der Waals surface area contributed by atoms with Crippen molar-refractivity contribution in [2.75, 3.05) is 14.2 Å². The average molecular weight is 487 g/mol. The normalized spacial score (nSPS) is 20.2. The third-order valence-electron chi connectivity index (χ3n) is 6.54. The van der Waals surface area contributed by atoms with E-state index >= 15 is 0 Å². The van der Waals surface area contributed by atoms with Crippen molar-refractivity contribution in [2.24, 2.45) is 0 Å². The van der Waals surface area contributed by atoms with Gasteiger partial charge in [-0.15, -0.1) is 0 Å². The molecule has 2 unspecified atom stereocenters. The van der Waals surface area contributed by atoms with E-state index in [-0.39, 0.29) is 24.0 Å². The molecule has 36 heavy (non-hydrogen) atoms. The maximum Gasteiger partial charge on any atom is 0.295 e. The van der Waals surface area contributed by atoms with Gasteiger partial charge in [0.05, 0.1) is 25.8 Å². The van der Waals surface area contributed by atoms with E-state index in [1.54, 1.807) is 54.9 Å². The van der Waals surface area contributed by atoms with Crippen LogP contribution in [-0.2, 0) is 22.6 Å². The second-order valence-corrected chi connectivity index (χ2v) is 8.85. The van der Waals surface area contributed by atoms with Crippen LogP contribution in [0.4, 0.5) is 0 Å². The molecule has 0 spiro atoms. The number of ketones is 1. The van der Waals surface area contributed by atoms with Crippen LogP contribution < -0.4 is 14.2 Å². The number of carbonyl (C=O) groups excluding carboxylic acids is 2. The number of hydrogen-bond donors (Lipinski definition) is 1. The maximum absolute atomic E-state index is 13.4. The molecular weight excluding hydrogens is 460 g/mol. The van der Waals surface area contributed by atoms with Crippen molar-refractivity contribution in [1.82, 2.24) is 9.88 Å². The number of aliphatic hydroxyl groups is 1. The van der Waals surface area contributed by atoms with Crippen LogP contribution in [-0.4, -0.2) is 47.0 Å². The summed E-state index contributed by atoms with van der Waals surface area (Å²) in [6, 6.07) is 13.2. The smallest absolute Gasteiger partial charge is 0.295 e. The average Bonchev–Trinajstić information content (AvgIpc) is 3.39. The van der Waals surface area contributed by atoms with E-state index in [1.165, 1.54) is 19.1 Å². The molecule has 0 bridgehead atoms. The molecular formula is C28H26N2O6. The van der Waals surface area contributed by atoms with Crippen LogP contribution in [0.3, 0.4) is 0 Å². The lowest BCUT2D eigenvalue weighted by molar-refractivity contribution is -0.140. The minimum atomic E-state index is -0.832. The highest BCUT2D eigenvalue weighted by Gasteiger charge is 2.46. The fourth-order valence-electron chi connectivity index (χ4n) is 4.82. The number of amides is 1. The monoisotopic (exact) mass is 486 g/mol. The highest BCUT2D eigenvalue weighted by molar-refractivity contribution is 6.46. The summed E-state index contributed by atoms with van der Waals surface area (Å²) in [4.78, 5) is 32.1. The number of pyridine rings is 1. The van der Waals surface area contributed by atoms with Crippen LogP contribution in [0.1, 0.15) is 35.2 Å². The van der Waals surface area contributed by atoms with Crippen LogP contribution in [0, 0.1) is 0 Å². The highest BCUT2D eigenvalue weighted by Crippen LogP contribution is 2.43. The summed E-state index contributed by atoms with van der Waals surface area (Å²) in [7, 11) is 3.05. The highest BCUT2D eigenvalue weighted by atomic mass is 16.5. The number of nitrogens with zero attached hydrogens (tertiary/aromatic N) is 2. The molecule has 2 aromatic carbocycles. The summed E-state index contributed by atoms with van der Waals surface area (Å²) < 4.78 is 16.6. The molecule has 0 radical (unpaired) electrons. The van der Waals surface area contributed by atoms with Crippen molar-refractivity contribution in [2.45, 2.75) is 32.0 Å². The molecule has 0 saturated carbocycles. The standard InChI is InChI=1S/C28H26N2O6/c1-16-12-20-13-19(5-6-21(20)36-16)26(31)24-25(18-4-7-22(34-2)23(14-18)35-3)30(28(33)27(24)32)15-17-8-10-29-11-9-17/h4-11,13-14,16,25,31H,12,15H2,1-3H3/b26-24+. The number of aliphatic hydroxyl groups excluding tert-OH is 1. The Bertz CT molecular complexity index is 1370. The SMILES string of the molecule is COc1ccc(C2/C(=C(\O)c3ccc4c(c3)CC(C)O4)C(=O)C(=O)N2Cc2ccncc2)cc1OC. The summed E-state index contributed by atoms with van der Waals surface area (Å²) in [5, 5.41) is 11.4. The second-order valence-electron chi connectivity index (χ2n) is 8.85. The van der Waals surface area contributed by atoms with Gasteiger partial charge in [-0.3, -0.25) is 14.6 Å². The summed E-state index contributed by atoms with van der Waals surface area (Å²) in [6.45, 7) is 2.14. The van der Waals surface area contributed by atoms with Gasteiger partial charge in [0.25, 0.3) is 11.7 Å². The molecule has 1 saturated heterocycles. The predicted octanol–water partition coefficient (Wildman–Crippen LogP) is 4.04. The molecule has 8 nitrogen and oxygen atoms in total. The van der Waals surface area contributed by atoms with Gasteiger partial charge in [0.15, 0.2) is 11.5 Å². The largest absolute Gasteiger partial charge is 0.507 e. The van der Waals surface area contributed by atoms with Crippen molar-refractivity contribution >= 4 is 17.4 Å².